The number of nitrogens with one attached hydrogen (secondary N) is 3. The van der Waals surface area contributed by atoms with E-state index in [2.05, 4.69) is 78.3 Å². The summed E-state index contributed by atoms with van der Waals surface area (Å²) in [4.78, 5) is 18.8. The largest absolute Gasteiger partial charge is 0.353 e. The van der Waals surface area contributed by atoms with Crippen molar-refractivity contribution in [1.29, 1.82) is 0 Å². The standard InChI is InChI=1S/C30H23N7S/c1-2-5-19(6-3-1)15-31-16-20-13-21(18-32-17-20)23-8-9-25-29(35-23)30(37-36-25)26-14-22-24(34-26)10-11-33-28(22)27-7-4-12-38-27/h1-14,17-18,31,34H,15-16H2,(H,36,37). The molecule has 0 amide bonds. The monoisotopic (exact) mass is 513 g/mol. The van der Waals surface area contributed by atoms with Crippen LogP contribution in [-0.4, -0.2) is 30.1 Å². The van der Waals surface area contributed by atoms with Gasteiger partial charge in [-0.15, -0.1) is 11.3 Å². The van der Waals surface area contributed by atoms with Gasteiger partial charge in [0.25, 0.3) is 0 Å². The van der Waals surface area contributed by atoms with Gasteiger partial charge in [0.2, 0.25) is 0 Å². The van der Waals surface area contributed by atoms with Crippen molar-refractivity contribution < 1.29 is 0 Å². The van der Waals surface area contributed by atoms with Gasteiger partial charge in [0, 0.05) is 48.1 Å². The molecule has 184 valence electrons. The van der Waals surface area contributed by atoms with E-state index >= 15 is 0 Å². The summed E-state index contributed by atoms with van der Waals surface area (Å²) < 4.78 is 0. The third-order valence-electron chi connectivity index (χ3n) is 6.56. The van der Waals surface area contributed by atoms with Crippen LogP contribution in [0.4, 0.5) is 0 Å². The number of hydrogen-bond donors (Lipinski definition) is 3. The number of benzene rings is 1. The number of fused-ring (bicyclic) bond motifs is 2. The van der Waals surface area contributed by atoms with Crippen molar-refractivity contribution in [2.75, 3.05) is 0 Å². The Morgan fingerprint density at radius 2 is 1.74 bits per heavy atom. The van der Waals surface area contributed by atoms with Crippen LogP contribution in [-0.2, 0) is 13.1 Å². The molecule has 1 aromatic carbocycles. The van der Waals surface area contributed by atoms with Crippen LogP contribution in [0.2, 0.25) is 0 Å². The van der Waals surface area contributed by atoms with E-state index in [1.807, 2.05) is 48.9 Å². The molecule has 0 bridgehead atoms. The number of nitrogens with zero attached hydrogens (tertiary/aromatic N) is 4. The quantitative estimate of drug-likeness (QED) is 0.224. The lowest BCUT2D eigenvalue weighted by molar-refractivity contribution is 0.691. The molecule has 0 radical (unpaired) electrons. The molecule has 0 aliphatic carbocycles. The predicted molar refractivity (Wildman–Crippen MR) is 153 cm³/mol. The fourth-order valence-corrected chi connectivity index (χ4v) is 5.45. The van der Waals surface area contributed by atoms with E-state index in [0.717, 1.165) is 73.8 Å². The third-order valence-corrected chi connectivity index (χ3v) is 7.43. The lowest BCUT2D eigenvalue weighted by Crippen LogP contribution is -2.12. The molecule has 0 saturated heterocycles. The van der Waals surface area contributed by atoms with Crippen molar-refractivity contribution in [3.05, 3.63) is 108 Å². The maximum Gasteiger partial charge on any atom is 0.135 e. The Hall–Kier alpha value is -4.66. The second kappa shape index (κ2) is 9.66. The molecular weight excluding hydrogens is 490 g/mol. The molecule has 0 atom stereocenters. The second-order valence-electron chi connectivity index (χ2n) is 9.12. The van der Waals surface area contributed by atoms with Gasteiger partial charge in [-0.25, -0.2) is 4.98 Å². The van der Waals surface area contributed by atoms with E-state index in [4.69, 9.17) is 4.98 Å². The number of aromatic amines is 2. The van der Waals surface area contributed by atoms with Gasteiger partial charge in [0.15, 0.2) is 0 Å². The van der Waals surface area contributed by atoms with Crippen LogP contribution in [0.5, 0.6) is 0 Å². The number of aromatic nitrogens is 6. The van der Waals surface area contributed by atoms with Crippen LogP contribution in [0.15, 0.2) is 96.8 Å². The molecule has 7 rings (SSSR count). The Kier molecular flexibility index (Phi) is 5.73. The van der Waals surface area contributed by atoms with Gasteiger partial charge in [-0.3, -0.25) is 15.1 Å². The first-order valence-electron chi connectivity index (χ1n) is 12.4. The van der Waals surface area contributed by atoms with Gasteiger partial charge in [0.1, 0.15) is 11.2 Å². The van der Waals surface area contributed by atoms with Crippen molar-refractivity contribution in [3.8, 4) is 33.2 Å². The Morgan fingerprint density at radius 1 is 0.816 bits per heavy atom. The Balaban J connectivity index is 1.20. The molecule has 0 spiro atoms. The highest BCUT2D eigenvalue weighted by Gasteiger charge is 2.16. The summed E-state index contributed by atoms with van der Waals surface area (Å²) in [5, 5.41) is 14.4. The molecule has 3 N–H and O–H groups in total. The van der Waals surface area contributed by atoms with Crippen LogP contribution in [0, 0.1) is 0 Å². The maximum absolute atomic E-state index is 5.01. The molecule has 6 heterocycles. The molecule has 0 fully saturated rings. The van der Waals surface area contributed by atoms with Crippen molar-refractivity contribution in [3.63, 3.8) is 0 Å². The molecule has 7 nitrogen and oxygen atoms in total. The van der Waals surface area contributed by atoms with Crippen LogP contribution in [0.1, 0.15) is 11.1 Å². The first-order valence-corrected chi connectivity index (χ1v) is 13.3. The minimum absolute atomic E-state index is 0.727. The Bertz CT molecular complexity index is 1850. The average Bonchev–Trinajstić information content (AvgIpc) is 3.73. The van der Waals surface area contributed by atoms with Gasteiger partial charge >= 0.3 is 0 Å². The zero-order chi connectivity index (χ0) is 25.3. The van der Waals surface area contributed by atoms with Gasteiger partial charge in [0.05, 0.1) is 27.5 Å². The summed E-state index contributed by atoms with van der Waals surface area (Å²) in [5.74, 6) is 0. The first kappa shape index (κ1) is 22.5. The molecule has 0 aliphatic heterocycles. The van der Waals surface area contributed by atoms with Gasteiger partial charge in [-0.1, -0.05) is 36.4 Å². The highest BCUT2D eigenvalue weighted by Crippen LogP contribution is 2.34. The molecule has 0 saturated carbocycles. The summed E-state index contributed by atoms with van der Waals surface area (Å²) in [6.45, 7) is 1.53. The van der Waals surface area contributed by atoms with Gasteiger partial charge in [-0.2, -0.15) is 5.10 Å². The van der Waals surface area contributed by atoms with E-state index in [9.17, 15) is 0 Å². The van der Waals surface area contributed by atoms with Crippen molar-refractivity contribution in [1.82, 2.24) is 35.5 Å². The molecule has 6 aromatic heterocycles. The molecule has 0 unspecified atom stereocenters. The lowest BCUT2D eigenvalue weighted by Gasteiger charge is -2.07. The summed E-state index contributed by atoms with van der Waals surface area (Å²) in [5.41, 5.74) is 9.56. The fraction of sp³-hybridized carbons (Fsp3) is 0.0667. The lowest BCUT2D eigenvalue weighted by atomic mass is 10.1. The number of rotatable bonds is 7. The average molecular weight is 514 g/mol. The van der Waals surface area contributed by atoms with Gasteiger partial charge in [-0.05, 0) is 52.9 Å². The molecular formula is C30H23N7S. The van der Waals surface area contributed by atoms with E-state index in [1.54, 1.807) is 11.3 Å². The van der Waals surface area contributed by atoms with Crippen molar-refractivity contribution >= 4 is 33.3 Å². The smallest absolute Gasteiger partial charge is 0.135 e. The second-order valence-corrected chi connectivity index (χ2v) is 10.1. The van der Waals surface area contributed by atoms with E-state index in [0.29, 0.717) is 0 Å². The zero-order valence-corrected chi connectivity index (χ0v) is 21.2. The maximum atomic E-state index is 5.01. The van der Waals surface area contributed by atoms with Crippen LogP contribution in [0.3, 0.4) is 0 Å². The van der Waals surface area contributed by atoms with E-state index in [1.165, 1.54) is 5.56 Å². The first-order chi connectivity index (χ1) is 18.8. The zero-order valence-electron chi connectivity index (χ0n) is 20.3. The molecule has 0 aliphatic rings. The Labute approximate surface area is 222 Å². The van der Waals surface area contributed by atoms with Crippen LogP contribution < -0.4 is 5.32 Å². The molecule has 7 aromatic rings. The van der Waals surface area contributed by atoms with E-state index < -0.39 is 0 Å². The van der Waals surface area contributed by atoms with Crippen LogP contribution >= 0.6 is 11.3 Å². The fourth-order valence-electron chi connectivity index (χ4n) is 4.71. The topological polar surface area (TPSA) is 95.2 Å². The minimum atomic E-state index is 0.727. The highest BCUT2D eigenvalue weighted by atomic mass is 32.1. The van der Waals surface area contributed by atoms with Crippen molar-refractivity contribution in [2.24, 2.45) is 0 Å². The summed E-state index contributed by atoms with van der Waals surface area (Å²) in [7, 11) is 0. The van der Waals surface area contributed by atoms with Crippen LogP contribution in [0.25, 0.3) is 55.2 Å². The van der Waals surface area contributed by atoms with Gasteiger partial charge < -0.3 is 10.3 Å². The van der Waals surface area contributed by atoms with Crippen molar-refractivity contribution in [2.45, 2.75) is 13.1 Å². The SMILES string of the molecule is c1ccc(CNCc2cncc(-c3ccc4[nH]nc(-c5cc6c(-c7cccs7)nccc6[nH]5)c4n3)c2)cc1. The normalized spacial score (nSPS) is 11.5. The third kappa shape index (κ3) is 4.26. The minimum Gasteiger partial charge on any atom is -0.353 e. The molecule has 38 heavy (non-hydrogen) atoms. The van der Waals surface area contributed by atoms with E-state index in [-0.39, 0.29) is 0 Å². The number of hydrogen-bond acceptors (Lipinski definition) is 6. The predicted octanol–water partition coefficient (Wildman–Crippen LogP) is 6.58. The number of thiophene rings is 1. The number of H-pyrrole nitrogens is 2. The Morgan fingerprint density at radius 3 is 2.63 bits per heavy atom. The summed E-state index contributed by atoms with van der Waals surface area (Å²) >= 11 is 1.68. The summed E-state index contributed by atoms with van der Waals surface area (Å²) in [6, 6.07) is 24.8. The summed E-state index contributed by atoms with van der Waals surface area (Å²) in [6.07, 6.45) is 5.59. The highest BCUT2D eigenvalue weighted by molar-refractivity contribution is 7.13. The number of pyridine rings is 3. The molecule has 8 heteroatoms.